The molecule has 1 aromatic carbocycles. The summed E-state index contributed by atoms with van der Waals surface area (Å²) < 4.78 is 5.26. The van der Waals surface area contributed by atoms with E-state index in [4.69, 9.17) is 4.74 Å². The van der Waals surface area contributed by atoms with Gasteiger partial charge in [0.2, 0.25) is 5.91 Å². The summed E-state index contributed by atoms with van der Waals surface area (Å²) in [5.41, 5.74) is 0.539. The van der Waals surface area contributed by atoms with Gasteiger partial charge in [-0.2, -0.15) is 0 Å². The van der Waals surface area contributed by atoms with E-state index < -0.39 is 5.60 Å². The number of hydrogen-bond donors (Lipinski definition) is 3. The molecule has 0 bridgehead atoms. The largest absolute Gasteiger partial charge is 0.495 e. The lowest BCUT2D eigenvalue weighted by molar-refractivity contribution is -0.114. The topological polar surface area (TPSA) is 70.6 Å². The maximum absolute atomic E-state index is 11.1. The Hall–Kier alpha value is -1.75. The fourth-order valence-corrected chi connectivity index (χ4v) is 1.51. The van der Waals surface area contributed by atoms with E-state index in [1.54, 1.807) is 39.2 Å². The van der Waals surface area contributed by atoms with E-state index >= 15 is 0 Å². The second-order valence-electron chi connectivity index (χ2n) is 5.12. The fourth-order valence-electron chi connectivity index (χ4n) is 1.51. The molecule has 3 N–H and O–H groups in total. The first kappa shape index (κ1) is 15.3. The molecular formula is C14H22N2O3. The molecule has 106 valence electrons. The molecule has 0 spiro atoms. The highest BCUT2D eigenvalue weighted by molar-refractivity contribution is 5.89. The van der Waals surface area contributed by atoms with Crippen LogP contribution in [-0.4, -0.2) is 29.8 Å². The number of amides is 1. The quantitative estimate of drug-likeness (QED) is 0.764. The Balaban J connectivity index is 2.99. The van der Waals surface area contributed by atoms with Crippen LogP contribution < -0.4 is 15.4 Å². The highest BCUT2D eigenvalue weighted by Gasteiger charge is 2.23. The van der Waals surface area contributed by atoms with Crippen molar-refractivity contribution in [1.29, 1.82) is 0 Å². The van der Waals surface area contributed by atoms with Crippen LogP contribution in [-0.2, 0) is 4.79 Å². The van der Waals surface area contributed by atoms with E-state index in [0.29, 0.717) is 11.4 Å². The number of benzene rings is 1. The van der Waals surface area contributed by atoms with Gasteiger partial charge in [-0.1, -0.05) is 0 Å². The van der Waals surface area contributed by atoms with Crippen LogP contribution in [0.2, 0.25) is 0 Å². The second-order valence-corrected chi connectivity index (χ2v) is 5.12. The Bertz CT molecular complexity index is 452. The van der Waals surface area contributed by atoms with Crippen LogP contribution in [0.25, 0.3) is 0 Å². The normalized spacial score (nSPS) is 12.7. The standard InChI is InChI=1S/C14H22N2O3/c1-9(14(3,4)18)15-12-8-11(16-10(2)17)6-7-13(12)19-5/h6-9,15,18H,1-5H3,(H,16,17). The summed E-state index contributed by atoms with van der Waals surface area (Å²) in [4.78, 5) is 11.1. The maximum Gasteiger partial charge on any atom is 0.221 e. The van der Waals surface area contributed by atoms with E-state index in [1.165, 1.54) is 6.92 Å². The third-order valence-corrected chi connectivity index (χ3v) is 2.95. The van der Waals surface area contributed by atoms with Crippen molar-refractivity contribution in [3.05, 3.63) is 18.2 Å². The van der Waals surface area contributed by atoms with Gasteiger partial charge in [0.05, 0.1) is 24.4 Å². The minimum Gasteiger partial charge on any atom is -0.495 e. The van der Waals surface area contributed by atoms with Crippen LogP contribution in [0.15, 0.2) is 18.2 Å². The predicted molar refractivity (Wildman–Crippen MR) is 76.7 cm³/mol. The second kappa shape index (κ2) is 5.93. The average molecular weight is 266 g/mol. The first-order valence-electron chi connectivity index (χ1n) is 6.18. The molecule has 5 nitrogen and oxygen atoms in total. The Morgan fingerprint density at radius 1 is 1.42 bits per heavy atom. The molecule has 0 aliphatic heterocycles. The maximum atomic E-state index is 11.1. The molecule has 0 aromatic heterocycles. The van der Waals surface area contributed by atoms with Crippen molar-refractivity contribution in [3.63, 3.8) is 0 Å². The summed E-state index contributed by atoms with van der Waals surface area (Å²) in [6.07, 6.45) is 0. The van der Waals surface area contributed by atoms with Gasteiger partial charge < -0.3 is 20.5 Å². The van der Waals surface area contributed by atoms with Gasteiger partial charge in [0.1, 0.15) is 5.75 Å². The zero-order valence-corrected chi connectivity index (χ0v) is 12.1. The predicted octanol–water partition coefficient (Wildman–Crippen LogP) is 2.22. The first-order valence-corrected chi connectivity index (χ1v) is 6.18. The number of methoxy groups -OCH3 is 1. The third-order valence-electron chi connectivity index (χ3n) is 2.95. The van der Waals surface area contributed by atoms with Crippen LogP contribution in [0.4, 0.5) is 11.4 Å². The number of ether oxygens (including phenoxy) is 1. The van der Waals surface area contributed by atoms with E-state index in [1.807, 2.05) is 6.92 Å². The van der Waals surface area contributed by atoms with Crippen molar-refractivity contribution in [2.45, 2.75) is 39.3 Å². The van der Waals surface area contributed by atoms with Crippen LogP contribution >= 0.6 is 0 Å². The van der Waals surface area contributed by atoms with Crippen molar-refractivity contribution in [1.82, 2.24) is 0 Å². The van der Waals surface area contributed by atoms with Gasteiger partial charge in [0.25, 0.3) is 0 Å². The lowest BCUT2D eigenvalue weighted by atomic mass is 10.0. The van der Waals surface area contributed by atoms with Gasteiger partial charge >= 0.3 is 0 Å². The summed E-state index contributed by atoms with van der Waals surface area (Å²) in [5.74, 6) is 0.525. The molecule has 5 heteroatoms. The number of aliphatic hydroxyl groups is 1. The number of nitrogens with one attached hydrogen (secondary N) is 2. The lowest BCUT2D eigenvalue weighted by Crippen LogP contribution is -2.39. The summed E-state index contributed by atoms with van der Waals surface area (Å²) in [6.45, 7) is 6.80. The summed E-state index contributed by atoms with van der Waals surface area (Å²) in [6, 6.07) is 5.14. The van der Waals surface area contributed by atoms with Crippen LogP contribution in [0.1, 0.15) is 27.7 Å². The first-order chi connectivity index (χ1) is 8.74. The average Bonchev–Trinajstić information content (AvgIpc) is 2.27. The van der Waals surface area contributed by atoms with Crippen molar-refractivity contribution in [3.8, 4) is 5.75 Å². The lowest BCUT2D eigenvalue weighted by Gasteiger charge is -2.28. The monoisotopic (exact) mass is 266 g/mol. The van der Waals surface area contributed by atoms with Gasteiger partial charge in [0, 0.05) is 12.6 Å². The fraction of sp³-hybridized carbons (Fsp3) is 0.500. The minimum atomic E-state index is -0.866. The Kier molecular flexibility index (Phi) is 4.78. The summed E-state index contributed by atoms with van der Waals surface area (Å²) in [7, 11) is 1.58. The van der Waals surface area contributed by atoms with E-state index in [-0.39, 0.29) is 11.9 Å². The molecule has 0 fully saturated rings. The van der Waals surface area contributed by atoms with Gasteiger partial charge in [-0.05, 0) is 39.0 Å². The van der Waals surface area contributed by atoms with Crippen LogP contribution in [0.5, 0.6) is 5.75 Å². The van der Waals surface area contributed by atoms with Gasteiger partial charge in [-0.15, -0.1) is 0 Å². The Morgan fingerprint density at radius 2 is 2.05 bits per heavy atom. The van der Waals surface area contributed by atoms with E-state index in [0.717, 1.165) is 5.69 Å². The van der Waals surface area contributed by atoms with E-state index in [2.05, 4.69) is 10.6 Å². The molecule has 1 unspecified atom stereocenters. The van der Waals surface area contributed by atoms with Gasteiger partial charge in [0.15, 0.2) is 0 Å². The zero-order chi connectivity index (χ0) is 14.6. The summed E-state index contributed by atoms with van der Waals surface area (Å²) in [5, 5.41) is 15.9. The molecule has 1 amide bonds. The highest BCUT2D eigenvalue weighted by atomic mass is 16.5. The molecule has 0 saturated heterocycles. The number of carbonyl (C=O) groups is 1. The third kappa shape index (κ3) is 4.44. The van der Waals surface area contributed by atoms with E-state index in [9.17, 15) is 9.90 Å². The SMILES string of the molecule is COc1ccc(NC(C)=O)cc1NC(C)C(C)(C)O. The molecule has 19 heavy (non-hydrogen) atoms. The molecule has 1 aromatic rings. The zero-order valence-electron chi connectivity index (χ0n) is 12.1. The molecule has 0 aliphatic rings. The molecule has 1 atom stereocenters. The number of rotatable bonds is 5. The van der Waals surface area contributed by atoms with Crippen molar-refractivity contribution in [2.75, 3.05) is 17.7 Å². The molecule has 0 saturated carbocycles. The van der Waals surface area contributed by atoms with Crippen LogP contribution in [0.3, 0.4) is 0 Å². The van der Waals surface area contributed by atoms with Crippen molar-refractivity contribution < 1.29 is 14.6 Å². The molecule has 0 heterocycles. The highest BCUT2D eigenvalue weighted by Crippen LogP contribution is 2.29. The van der Waals surface area contributed by atoms with Crippen molar-refractivity contribution in [2.24, 2.45) is 0 Å². The number of anilines is 2. The van der Waals surface area contributed by atoms with Crippen molar-refractivity contribution >= 4 is 17.3 Å². The Morgan fingerprint density at radius 3 is 2.53 bits per heavy atom. The minimum absolute atomic E-state index is 0.133. The summed E-state index contributed by atoms with van der Waals surface area (Å²) >= 11 is 0. The van der Waals surface area contributed by atoms with Crippen LogP contribution in [0, 0.1) is 0 Å². The number of hydrogen-bond acceptors (Lipinski definition) is 4. The molecule has 1 rings (SSSR count). The van der Waals surface area contributed by atoms with Gasteiger partial charge in [-0.25, -0.2) is 0 Å². The number of carbonyl (C=O) groups excluding carboxylic acids is 1. The molecule has 0 radical (unpaired) electrons. The Labute approximate surface area is 114 Å². The van der Waals surface area contributed by atoms with Gasteiger partial charge in [-0.3, -0.25) is 4.79 Å². The molecule has 0 aliphatic carbocycles. The molecular weight excluding hydrogens is 244 g/mol. The smallest absolute Gasteiger partial charge is 0.221 e.